The lowest BCUT2D eigenvalue weighted by Gasteiger charge is -2.18. The fourth-order valence-electron chi connectivity index (χ4n) is 1.04. The molecule has 0 amide bonds. The maximum atomic E-state index is 8.84. The predicted octanol–water partition coefficient (Wildman–Crippen LogP) is 0.147. The normalized spacial score (nSPS) is 13.5. The van der Waals surface area contributed by atoms with Gasteiger partial charge in [0.15, 0.2) is 0 Å². The molecule has 0 saturated heterocycles. The molecule has 74 valence electrons. The molecule has 1 unspecified atom stereocenters. The van der Waals surface area contributed by atoms with E-state index < -0.39 is 0 Å². The molecule has 0 aliphatic rings. The maximum Gasteiger partial charge on any atom is 0.0794 e. The molecule has 1 aromatic heterocycles. The van der Waals surface area contributed by atoms with Gasteiger partial charge in [0.1, 0.15) is 0 Å². The van der Waals surface area contributed by atoms with Crippen molar-refractivity contribution in [3.05, 3.63) is 16.6 Å². The lowest BCUT2D eigenvalue weighted by Crippen LogP contribution is -2.37. The number of hydrogen-bond acceptors (Lipinski definition) is 5. The van der Waals surface area contributed by atoms with E-state index in [-0.39, 0.29) is 25.3 Å². The summed E-state index contributed by atoms with van der Waals surface area (Å²) in [6, 6.07) is -0.131. The molecule has 0 radical (unpaired) electrons. The van der Waals surface area contributed by atoms with E-state index in [9.17, 15) is 0 Å². The number of aliphatic hydroxyl groups is 2. The van der Waals surface area contributed by atoms with Gasteiger partial charge in [0.2, 0.25) is 0 Å². The van der Waals surface area contributed by atoms with Crippen LogP contribution in [0.1, 0.15) is 17.8 Å². The number of nitrogens with zero attached hydrogens (tertiary/aromatic N) is 1. The van der Waals surface area contributed by atoms with Crippen LogP contribution in [-0.4, -0.2) is 34.5 Å². The summed E-state index contributed by atoms with van der Waals surface area (Å²) in [5, 5.41) is 20.8. The Morgan fingerprint density at radius 3 is 2.69 bits per heavy atom. The van der Waals surface area contributed by atoms with E-state index in [0.717, 1.165) is 4.88 Å². The number of aliphatic hydroxyl groups excluding tert-OH is 2. The van der Waals surface area contributed by atoms with Gasteiger partial charge in [-0.05, 0) is 6.92 Å². The molecular formula is C8H14N2O2S. The molecule has 0 saturated carbocycles. The van der Waals surface area contributed by atoms with Crippen LogP contribution in [0.4, 0.5) is 0 Å². The van der Waals surface area contributed by atoms with Crippen LogP contribution in [0.25, 0.3) is 0 Å². The Morgan fingerprint density at radius 2 is 2.23 bits per heavy atom. The minimum Gasteiger partial charge on any atom is -0.395 e. The molecule has 1 atom stereocenters. The highest BCUT2D eigenvalue weighted by Crippen LogP contribution is 2.16. The predicted molar refractivity (Wildman–Crippen MR) is 51.6 cm³/mol. The number of hydrogen-bond donors (Lipinski definition) is 3. The molecule has 1 heterocycles. The first kappa shape index (κ1) is 10.6. The standard InChI is InChI=1S/C8H14N2O2S/c1-6(8-2-9-5-13-8)10-7(3-11)4-12/h2,5-7,10-12H,3-4H2,1H3. The molecule has 13 heavy (non-hydrogen) atoms. The van der Waals surface area contributed by atoms with Gasteiger partial charge in [0.25, 0.3) is 0 Å². The van der Waals surface area contributed by atoms with Crippen LogP contribution in [0.15, 0.2) is 11.7 Å². The zero-order valence-corrected chi connectivity index (χ0v) is 8.29. The third-order valence-electron chi connectivity index (χ3n) is 1.80. The summed E-state index contributed by atoms with van der Waals surface area (Å²) < 4.78 is 0. The average Bonchev–Trinajstić information content (AvgIpc) is 2.66. The van der Waals surface area contributed by atoms with Gasteiger partial charge < -0.3 is 15.5 Å². The summed E-state index contributed by atoms with van der Waals surface area (Å²) in [4.78, 5) is 5.06. The molecule has 0 fully saturated rings. The molecule has 0 aromatic carbocycles. The summed E-state index contributed by atoms with van der Waals surface area (Å²) in [6.07, 6.45) is 1.79. The van der Waals surface area contributed by atoms with Crippen molar-refractivity contribution >= 4 is 11.3 Å². The number of nitrogens with one attached hydrogen (secondary N) is 1. The van der Waals surface area contributed by atoms with Gasteiger partial charge in [0, 0.05) is 17.1 Å². The molecule has 3 N–H and O–H groups in total. The summed E-state index contributed by atoms with van der Waals surface area (Å²) in [5.74, 6) is 0. The van der Waals surface area contributed by atoms with Gasteiger partial charge in [-0.25, -0.2) is 0 Å². The molecule has 1 aromatic rings. The van der Waals surface area contributed by atoms with Crippen LogP contribution in [-0.2, 0) is 0 Å². The van der Waals surface area contributed by atoms with Gasteiger partial charge in [-0.1, -0.05) is 0 Å². The first-order chi connectivity index (χ1) is 6.27. The lowest BCUT2D eigenvalue weighted by molar-refractivity contribution is 0.164. The minimum absolute atomic E-state index is 0.0559. The van der Waals surface area contributed by atoms with Gasteiger partial charge in [-0.2, -0.15) is 0 Å². The van der Waals surface area contributed by atoms with Crippen molar-refractivity contribution < 1.29 is 10.2 Å². The molecule has 5 heteroatoms. The topological polar surface area (TPSA) is 65.4 Å². The van der Waals surface area contributed by atoms with Crippen molar-refractivity contribution in [2.45, 2.75) is 19.0 Å². The largest absolute Gasteiger partial charge is 0.395 e. The second-order valence-corrected chi connectivity index (χ2v) is 3.77. The van der Waals surface area contributed by atoms with Gasteiger partial charge in [0.05, 0.1) is 24.8 Å². The molecule has 0 spiro atoms. The highest BCUT2D eigenvalue weighted by Gasteiger charge is 2.12. The van der Waals surface area contributed by atoms with Crippen molar-refractivity contribution in [2.75, 3.05) is 13.2 Å². The van der Waals surface area contributed by atoms with Gasteiger partial charge in [-0.15, -0.1) is 11.3 Å². The molecular weight excluding hydrogens is 188 g/mol. The molecule has 1 rings (SSSR count). The third-order valence-corrected chi connectivity index (χ3v) is 2.76. The highest BCUT2D eigenvalue weighted by molar-refractivity contribution is 7.09. The van der Waals surface area contributed by atoms with Crippen LogP contribution < -0.4 is 5.32 Å². The fraction of sp³-hybridized carbons (Fsp3) is 0.625. The SMILES string of the molecule is CC(NC(CO)CO)c1cncs1. The first-order valence-corrected chi connectivity index (χ1v) is 5.02. The molecule has 0 bridgehead atoms. The fourth-order valence-corrected chi connectivity index (χ4v) is 1.68. The van der Waals surface area contributed by atoms with Gasteiger partial charge >= 0.3 is 0 Å². The Morgan fingerprint density at radius 1 is 1.54 bits per heavy atom. The van der Waals surface area contributed by atoms with E-state index in [1.165, 1.54) is 0 Å². The second kappa shape index (κ2) is 5.29. The highest BCUT2D eigenvalue weighted by atomic mass is 32.1. The Balaban J connectivity index is 2.45. The number of thiazole rings is 1. The third kappa shape index (κ3) is 3.04. The zero-order valence-electron chi connectivity index (χ0n) is 7.47. The van der Waals surface area contributed by atoms with Crippen LogP contribution in [0.3, 0.4) is 0 Å². The second-order valence-electron chi connectivity index (χ2n) is 2.85. The smallest absolute Gasteiger partial charge is 0.0794 e. The molecule has 0 aliphatic carbocycles. The summed E-state index contributed by atoms with van der Waals surface area (Å²) in [7, 11) is 0. The molecule has 0 aliphatic heterocycles. The van der Waals surface area contributed by atoms with E-state index >= 15 is 0 Å². The van der Waals surface area contributed by atoms with E-state index in [4.69, 9.17) is 10.2 Å². The van der Waals surface area contributed by atoms with Crippen LogP contribution in [0, 0.1) is 0 Å². The maximum absolute atomic E-state index is 8.84. The van der Waals surface area contributed by atoms with E-state index in [1.807, 2.05) is 6.92 Å². The van der Waals surface area contributed by atoms with E-state index in [2.05, 4.69) is 10.3 Å². The number of aromatic nitrogens is 1. The van der Waals surface area contributed by atoms with Crippen LogP contribution >= 0.6 is 11.3 Å². The Hall–Kier alpha value is -0.490. The van der Waals surface area contributed by atoms with Crippen molar-refractivity contribution in [2.24, 2.45) is 0 Å². The zero-order chi connectivity index (χ0) is 9.68. The summed E-state index contributed by atoms with van der Waals surface area (Å²) in [6.45, 7) is 1.87. The Bertz CT molecular complexity index is 224. The van der Waals surface area contributed by atoms with Crippen molar-refractivity contribution in [1.82, 2.24) is 10.3 Å². The van der Waals surface area contributed by atoms with Crippen LogP contribution in [0.2, 0.25) is 0 Å². The monoisotopic (exact) mass is 202 g/mol. The summed E-state index contributed by atoms with van der Waals surface area (Å²) >= 11 is 1.56. The van der Waals surface area contributed by atoms with Crippen LogP contribution in [0.5, 0.6) is 0 Å². The van der Waals surface area contributed by atoms with E-state index in [1.54, 1.807) is 23.0 Å². The average molecular weight is 202 g/mol. The lowest BCUT2D eigenvalue weighted by atomic mass is 10.2. The van der Waals surface area contributed by atoms with E-state index in [0.29, 0.717) is 0 Å². The van der Waals surface area contributed by atoms with Crippen molar-refractivity contribution in [3.8, 4) is 0 Å². The van der Waals surface area contributed by atoms with Crippen molar-refractivity contribution in [3.63, 3.8) is 0 Å². The first-order valence-electron chi connectivity index (χ1n) is 4.14. The summed E-state index contributed by atoms with van der Waals surface area (Å²) in [5.41, 5.74) is 1.76. The quantitative estimate of drug-likeness (QED) is 0.636. The minimum atomic E-state index is -0.253. The van der Waals surface area contributed by atoms with Gasteiger partial charge in [-0.3, -0.25) is 4.98 Å². The molecule has 4 nitrogen and oxygen atoms in total. The Kier molecular flexibility index (Phi) is 4.31. The number of rotatable bonds is 5. The van der Waals surface area contributed by atoms with Crippen molar-refractivity contribution in [1.29, 1.82) is 0 Å². The Labute approximate surface area is 81.3 Å².